The van der Waals surface area contributed by atoms with Gasteiger partial charge in [-0.15, -0.1) is 0 Å². The molecular formula is C15H21NO4S. The number of carbonyl (C=O) groups is 1. The summed E-state index contributed by atoms with van der Waals surface area (Å²) in [7, 11) is -3.56. The predicted molar refractivity (Wildman–Crippen MR) is 79.6 cm³/mol. The molecule has 1 saturated carbocycles. The Morgan fingerprint density at radius 2 is 1.95 bits per heavy atom. The summed E-state index contributed by atoms with van der Waals surface area (Å²) in [6, 6.07) is 5.91. The van der Waals surface area contributed by atoms with E-state index in [0.717, 1.165) is 19.3 Å². The van der Waals surface area contributed by atoms with Crippen LogP contribution in [0.5, 0.6) is 0 Å². The molecule has 6 heteroatoms. The normalized spacial score (nSPS) is 23.0. The fraction of sp³-hybridized carbons (Fsp3) is 0.533. The Morgan fingerprint density at radius 3 is 2.52 bits per heavy atom. The number of aliphatic hydroxyl groups is 1. The third-order valence-electron chi connectivity index (χ3n) is 3.89. The van der Waals surface area contributed by atoms with Gasteiger partial charge in [0.2, 0.25) is 10.0 Å². The molecule has 0 saturated heterocycles. The highest BCUT2D eigenvalue weighted by Gasteiger charge is 2.22. The van der Waals surface area contributed by atoms with Gasteiger partial charge < -0.3 is 5.11 Å². The number of carbonyl (C=O) groups excluding carboxylic acids is 1. The quantitative estimate of drug-likeness (QED) is 0.811. The van der Waals surface area contributed by atoms with Crippen molar-refractivity contribution in [1.29, 1.82) is 0 Å². The summed E-state index contributed by atoms with van der Waals surface area (Å²) >= 11 is 0. The van der Waals surface area contributed by atoms with Gasteiger partial charge in [0, 0.05) is 12.1 Å². The van der Waals surface area contributed by atoms with E-state index in [9.17, 15) is 18.3 Å². The van der Waals surface area contributed by atoms with E-state index < -0.39 is 10.0 Å². The van der Waals surface area contributed by atoms with Crippen molar-refractivity contribution in [3.8, 4) is 0 Å². The molecule has 1 aromatic carbocycles. The smallest absolute Gasteiger partial charge is 0.240 e. The maximum absolute atomic E-state index is 12.2. The first kappa shape index (κ1) is 16.1. The molecule has 5 nitrogen and oxygen atoms in total. The Balaban J connectivity index is 1.99. The molecule has 1 aliphatic carbocycles. The van der Waals surface area contributed by atoms with Crippen LogP contribution in [0.3, 0.4) is 0 Å². The molecule has 1 aliphatic rings. The van der Waals surface area contributed by atoms with Crippen molar-refractivity contribution in [2.24, 2.45) is 5.92 Å². The summed E-state index contributed by atoms with van der Waals surface area (Å²) < 4.78 is 26.9. The van der Waals surface area contributed by atoms with Gasteiger partial charge in [0.25, 0.3) is 0 Å². The molecule has 0 amide bonds. The second-order valence-electron chi connectivity index (χ2n) is 5.62. The second kappa shape index (κ2) is 6.68. The van der Waals surface area contributed by atoms with Crippen LogP contribution in [0.4, 0.5) is 0 Å². The van der Waals surface area contributed by atoms with Crippen LogP contribution in [0, 0.1) is 5.92 Å². The summed E-state index contributed by atoms with van der Waals surface area (Å²) in [5.41, 5.74) is 0.490. The number of rotatable bonds is 5. The number of sulfonamides is 1. The minimum absolute atomic E-state index is 0.0944. The van der Waals surface area contributed by atoms with Gasteiger partial charge in [-0.25, -0.2) is 13.1 Å². The summed E-state index contributed by atoms with van der Waals surface area (Å²) in [5, 5.41) is 9.60. The third kappa shape index (κ3) is 4.36. The first-order chi connectivity index (χ1) is 9.88. The number of nitrogens with one attached hydrogen (secondary N) is 1. The van der Waals surface area contributed by atoms with Crippen molar-refractivity contribution in [2.45, 2.75) is 43.6 Å². The summed E-state index contributed by atoms with van der Waals surface area (Å²) in [5.74, 6) is 0.0862. The van der Waals surface area contributed by atoms with E-state index >= 15 is 0 Å². The molecule has 1 fully saturated rings. The molecule has 0 radical (unpaired) electrons. The Bertz CT molecular complexity index is 595. The zero-order valence-corrected chi connectivity index (χ0v) is 12.9. The van der Waals surface area contributed by atoms with Gasteiger partial charge in [-0.3, -0.25) is 4.79 Å². The Kier molecular flexibility index (Phi) is 5.13. The van der Waals surface area contributed by atoms with E-state index in [1.165, 1.54) is 31.2 Å². The lowest BCUT2D eigenvalue weighted by Gasteiger charge is -2.25. The summed E-state index contributed by atoms with van der Waals surface area (Å²) in [4.78, 5) is 11.3. The summed E-state index contributed by atoms with van der Waals surface area (Å²) in [6.45, 7) is 1.78. The molecule has 2 unspecified atom stereocenters. The number of benzene rings is 1. The van der Waals surface area contributed by atoms with Crippen molar-refractivity contribution in [3.63, 3.8) is 0 Å². The van der Waals surface area contributed by atoms with Crippen molar-refractivity contribution in [1.82, 2.24) is 4.72 Å². The van der Waals surface area contributed by atoms with E-state index in [-0.39, 0.29) is 22.7 Å². The average Bonchev–Trinajstić information content (AvgIpc) is 2.45. The van der Waals surface area contributed by atoms with Gasteiger partial charge in [-0.2, -0.15) is 0 Å². The fourth-order valence-corrected chi connectivity index (χ4v) is 3.74. The first-order valence-corrected chi connectivity index (χ1v) is 8.65. The molecule has 0 aromatic heterocycles. The largest absolute Gasteiger partial charge is 0.393 e. The Labute approximate surface area is 125 Å². The predicted octanol–water partition coefficient (Wildman–Crippen LogP) is 1.72. The van der Waals surface area contributed by atoms with Crippen LogP contribution in [0.15, 0.2) is 29.2 Å². The average molecular weight is 311 g/mol. The van der Waals surface area contributed by atoms with Crippen LogP contribution in [-0.4, -0.2) is 32.0 Å². The number of aliphatic hydroxyl groups excluding tert-OH is 1. The first-order valence-electron chi connectivity index (χ1n) is 7.17. The standard InChI is InChI=1S/C15H21NO4S/c1-11(17)13-5-7-15(8-6-13)21(19,20)16-10-12-3-2-4-14(18)9-12/h5-8,12,14,16,18H,2-4,9-10H2,1H3. The van der Waals surface area contributed by atoms with Crippen molar-refractivity contribution >= 4 is 15.8 Å². The van der Waals surface area contributed by atoms with Gasteiger partial charge in [-0.1, -0.05) is 18.6 Å². The van der Waals surface area contributed by atoms with E-state index in [2.05, 4.69) is 4.72 Å². The topological polar surface area (TPSA) is 83.5 Å². The van der Waals surface area contributed by atoms with Gasteiger partial charge >= 0.3 is 0 Å². The van der Waals surface area contributed by atoms with Crippen LogP contribution in [0.2, 0.25) is 0 Å². The van der Waals surface area contributed by atoms with Gasteiger partial charge in [0.15, 0.2) is 5.78 Å². The van der Waals surface area contributed by atoms with Gasteiger partial charge in [-0.05, 0) is 44.2 Å². The molecule has 116 valence electrons. The Hall–Kier alpha value is -1.24. The van der Waals surface area contributed by atoms with Crippen molar-refractivity contribution in [2.75, 3.05) is 6.54 Å². The van der Waals surface area contributed by atoms with E-state index in [1.54, 1.807) is 0 Å². The molecule has 0 spiro atoms. The van der Waals surface area contributed by atoms with E-state index in [4.69, 9.17) is 0 Å². The molecule has 2 atom stereocenters. The van der Waals surface area contributed by atoms with E-state index in [0.29, 0.717) is 18.5 Å². The van der Waals surface area contributed by atoms with Crippen molar-refractivity contribution < 1.29 is 18.3 Å². The van der Waals surface area contributed by atoms with Crippen LogP contribution in [0.1, 0.15) is 43.0 Å². The number of hydrogen-bond acceptors (Lipinski definition) is 4. The van der Waals surface area contributed by atoms with Crippen molar-refractivity contribution in [3.05, 3.63) is 29.8 Å². The molecule has 21 heavy (non-hydrogen) atoms. The SMILES string of the molecule is CC(=O)c1ccc(S(=O)(=O)NCC2CCCC(O)C2)cc1. The van der Waals surface area contributed by atoms with Gasteiger partial charge in [0.05, 0.1) is 11.0 Å². The molecule has 0 heterocycles. The Morgan fingerprint density at radius 1 is 1.29 bits per heavy atom. The van der Waals surface area contributed by atoms with Crippen LogP contribution in [0.25, 0.3) is 0 Å². The lowest BCUT2D eigenvalue weighted by Crippen LogP contribution is -2.33. The minimum Gasteiger partial charge on any atom is -0.393 e. The summed E-state index contributed by atoms with van der Waals surface area (Å²) in [6.07, 6.45) is 2.99. The molecular weight excluding hydrogens is 290 g/mol. The molecule has 0 bridgehead atoms. The third-order valence-corrected chi connectivity index (χ3v) is 5.33. The molecule has 0 aliphatic heterocycles. The number of Topliss-reactive ketones (excluding diaryl/α,β-unsaturated/α-hetero) is 1. The minimum atomic E-state index is -3.56. The lowest BCUT2D eigenvalue weighted by molar-refractivity contribution is 0.101. The molecule has 2 rings (SSSR count). The lowest BCUT2D eigenvalue weighted by atomic mass is 9.87. The van der Waals surface area contributed by atoms with Crippen LogP contribution < -0.4 is 4.72 Å². The molecule has 1 aromatic rings. The van der Waals surface area contributed by atoms with Crippen LogP contribution in [-0.2, 0) is 10.0 Å². The molecule has 2 N–H and O–H groups in total. The zero-order chi connectivity index (χ0) is 15.5. The van der Waals surface area contributed by atoms with Crippen LogP contribution >= 0.6 is 0 Å². The maximum atomic E-state index is 12.2. The maximum Gasteiger partial charge on any atom is 0.240 e. The zero-order valence-electron chi connectivity index (χ0n) is 12.1. The second-order valence-corrected chi connectivity index (χ2v) is 7.39. The highest BCUT2D eigenvalue weighted by atomic mass is 32.2. The highest BCUT2D eigenvalue weighted by molar-refractivity contribution is 7.89. The monoisotopic (exact) mass is 311 g/mol. The van der Waals surface area contributed by atoms with E-state index in [1.807, 2.05) is 0 Å². The number of hydrogen-bond donors (Lipinski definition) is 2. The fourth-order valence-electron chi connectivity index (χ4n) is 2.63. The highest BCUT2D eigenvalue weighted by Crippen LogP contribution is 2.24. The van der Waals surface area contributed by atoms with Gasteiger partial charge in [0.1, 0.15) is 0 Å². The number of ketones is 1.